The SMILES string of the molecule is Nc1cn[nH]c1C(=O)NC1CC1c1ccccc1. The number of hydrogen-bond donors (Lipinski definition) is 3. The summed E-state index contributed by atoms with van der Waals surface area (Å²) in [5.74, 6) is 0.229. The molecule has 0 spiro atoms. The predicted octanol–water partition coefficient (Wildman–Crippen LogP) is 1.28. The molecule has 5 heteroatoms. The third-order valence-electron chi connectivity index (χ3n) is 3.23. The lowest BCUT2D eigenvalue weighted by molar-refractivity contribution is 0.0946. The van der Waals surface area contributed by atoms with Gasteiger partial charge in [-0.1, -0.05) is 30.3 Å². The van der Waals surface area contributed by atoms with E-state index >= 15 is 0 Å². The highest BCUT2D eigenvalue weighted by atomic mass is 16.2. The monoisotopic (exact) mass is 242 g/mol. The number of aromatic nitrogens is 2. The van der Waals surface area contributed by atoms with Crippen LogP contribution in [0.2, 0.25) is 0 Å². The van der Waals surface area contributed by atoms with Crippen molar-refractivity contribution in [1.82, 2.24) is 15.5 Å². The predicted molar refractivity (Wildman–Crippen MR) is 68.1 cm³/mol. The van der Waals surface area contributed by atoms with Gasteiger partial charge in [0, 0.05) is 12.0 Å². The molecular weight excluding hydrogens is 228 g/mol. The van der Waals surface area contributed by atoms with Crippen LogP contribution >= 0.6 is 0 Å². The van der Waals surface area contributed by atoms with E-state index in [0.717, 1.165) is 6.42 Å². The van der Waals surface area contributed by atoms with Crippen LogP contribution in [0.3, 0.4) is 0 Å². The van der Waals surface area contributed by atoms with Crippen molar-refractivity contribution >= 4 is 11.6 Å². The van der Waals surface area contributed by atoms with E-state index in [2.05, 4.69) is 27.6 Å². The third-order valence-corrected chi connectivity index (χ3v) is 3.23. The minimum atomic E-state index is -0.187. The van der Waals surface area contributed by atoms with Gasteiger partial charge in [-0.25, -0.2) is 0 Å². The van der Waals surface area contributed by atoms with Crippen molar-refractivity contribution in [3.8, 4) is 0 Å². The molecule has 3 rings (SSSR count). The van der Waals surface area contributed by atoms with Crippen LogP contribution in [0.25, 0.3) is 0 Å². The number of aromatic amines is 1. The highest BCUT2D eigenvalue weighted by Crippen LogP contribution is 2.40. The van der Waals surface area contributed by atoms with Crippen LogP contribution in [0.5, 0.6) is 0 Å². The highest BCUT2D eigenvalue weighted by molar-refractivity contribution is 5.97. The minimum Gasteiger partial charge on any atom is -0.396 e. The molecule has 1 amide bonds. The van der Waals surface area contributed by atoms with Crippen molar-refractivity contribution in [2.24, 2.45) is 0 Å². The Kier molecular flexibility index (Phi) is 2.51. The van der Waals surface area contributed by atoms with Crippen LogP contribution < -0.4 is 11.1 Å². The summed E-state index contributed by atoms with van der Waals surface area (Å²) in [7, 11) is 0. The molecule has 1 fully saturated rings. The summed E-state index contributed by atoms with van der Waals surface area (Å²) >= 11 is 0. The standard InChI is InChI=1S/C13H14N4O/c14-10-7-15-17-12(10)13(18)16-11-6-9(11)8-4-2-1-3-5-8/h1-5,7,9,11H,6,14H2,(H,15,17)(H,16,18). The molecule has 0 aliphatic heterocycles. The van der Waals surface area contributed by atoms with Crippen molar-refractivity contribution in [2.75, 3.05) is 5.73 Å². The Labute approximate surface area is 104 Å². The summed E-state index contributed by atoms with van der Waals surface area (Å²) in [6.45, 7) is 0. The molecule has 0 bridgehead atoms. The maximum absolute atomic E-state index is 11.9. The van der Waals surface area contributed by atoms with Gasteiger partial charge in [0.15, 0.2) is 0 Å². The first-order valence-corrected chi connectivity index (χ1v) is 5.90. The number of rotatable bonds is 3. The molecule has 1 aromatic carbocycles. The number of carbonyl (C=O) groups excluding carboxylic acids is 1. The Bertz CT molecular complexity index is 563. The molecule has 2 aromatic rings. The second kappa shape index (κ2) is 4.18. The maximum atomic E-state index is 11.9. The van der Waals surface area contributed by atoms with Crippen molar-refractivity contribution < 1.29 is 4.79 Å². The lowest BCUT2D eigenvalue weighted by atomic mass is 10.1. The van der Waals surface area contributed by atoms with Gasteiger partial charge in [0.1, 0.15) is 5.69 Å². The Balaban J connectivity index is 1.64. The lowest BCUT2D eigenvalue weighted by Crippen LogP contribution is -2.27. The smallest absolute Gasteiger partial charge is 0.271 e. The molecular formula is C13H14N4O. The highest BCUT2D eigenvalue weighted by Gasteiger charge is 2.39. The fraction of sp³-hybridized carbons (Fsp3) is 0.231. The zero-order valence-corrected chi connectivity index (χ0v) is 9.76. The summed E-state index contributed by atoms with van der Waals surface area (Å²) in [6, 6.07) is 10.4. The van der Waals surface area contributed by atoms with Crippen LogP contribution in [0, 0.1) is 0 Å². The van der Waals surface area contributed by atoms with Crippen molar-refractivity contribution in [2.45, 2.75) is 18.4 Å². The number of nitrogens with two attached hydrogens (primary N) is 1. The van der Waals surface area contributed by atoms with E-state index < -0.39 is 0 Å². The van der Waals surface area contributed by atoms with E-state index in [9.17, 15) is 4.79 Å². The first kappa shape index (κ1) is 10.8. The summed E-state index contributed by atoms with van der Waals surface area (Å²) in [6.07, 6.45) is 2.42. The number of hydrogen-bond acceptors (Lipinski definition) is 3. The first-order chi connectivity index (χ1) is 8.75. The summed E-state index contributed by atoms with van der Waals surface area (Å²) in [5, 5.41) is 9.30. The van der Waals surface area contributed by atoms with Crippen molar-refractivity contribution in [3.63, 3.8) is 0 Å². The van der Waals surface area contributed by atoms with E-state index in [1.807, 2.05) is 18.2 Å². The van der Waals surface area contributed by atoms with Gasteiger partial charge in [0.25, 0.3) is 5.91 Å². The van der Waals surface area contributed by atoms with Crippen LogP contribution in [-0.2, 0) is 0 Å². The molecule has 1 heterocycles. The van der Waals surface area contributed by atoms with Crippen LogP contribution in [0.1, 0.15) is 28.4 Å². The Morgan fingerprint density at radius 3 is 2.83 bits per heavy atom. The fourth-order valence-electron chi connectivity index (χ4n) is 2.14. The van der Waals surface area contributed by atoms with Gasteiger partial charge in [0.05, 0.1) is 11.9 Å². The number of nitrogens with one attached hydrogen (secondary N) is 2. The average molecular weight is 242 g/mol. The molecule has 92 valence electrons. The third kappa shape index (κ3) is 1.95. The average Bonchev–Trinajstić information content (AvgIpc) is 3.01. The quantitative estimate of drug-likeness (QED) is 0.758. The number of carbonyl (C=O) groups is 1. The minimum absolute atomic E-state index is 0.187. The van der Waals surface area contributed by atoms with E-state index in [1.165, 1.54) is 11.8 Å². The fourth-order valence-corrected chi connectivity index (χ4v) is 2.14. The van der Waals surface area contributed by atoms with Gasteiger partial charge in [-0.15, -0.1) is 0 Å². The van der Waals surface area contributed by atoms with Gasteiger partial charge in [-0.3, -0.25) is 9.89 Å². The molecule has 0 saturated heterocycles. The second-order valence-corrected chi connectivity index (χ2v) is 4.53. The van der Waals surface area contributed by atoms with E-state index in [-0.39, 0.29) is 11.9 Å². The molecule has 1 aliphatic rings. The Hall–Kier alpha value is -2.30. The number of benzene rings is 1. The second-order valence-electron chi connectivity index (χ2n) is 4.53. The number of H-pyrrole nitrogens is 1. The van der Waals surface area contributed by atoms with Gasteiger partial charge >= 0.3 is 0 Å². The van der Waals surface area contributed by atoms with Crippen molar-refractivity contribution in [3.05, 3.63) is 47.8 Å². The summed E-state index contributed by atoms with van der Waals surface area (Å²) in [4.78, 5) is 11.9. The van der Waals surface area contributed by atoms with Crippen molar-refractivity contribution in [1.29, 1.82) is 0 Å². The zero-order valence-electron chi connectivity index (χ0n) is 9.76. The molecule has 1 aromatic heterocycles. The van der Waals surface area contributed by atoms with Crippen LogP contribution in [-0.4, -0.2) is 22.1 Å². The normalized spacial score (nSPS) is 21.6. The van der Waals surface area contributed by atoms with Gasteiger partial charge < -0.3 is 11.1 Å². The van der Waals surface area contributed by atoms with E-state index in [1.54, 1.807) is 0 Å². The molecule has 2 unspecified atom stereocenters. The number of amides is 1. The molecule has 1 aliphatic carbocycles. The molecule has 4 N–H and O–H groups in total. The van der Waals surface area contributed by atoms with E-state index in [4.69, 9.17) is 5.73 Å². The molecule has 1 saturated carbocycles. The Morgan fingerprint density at radius 1 is 1.39 bits per heavy atom. The Morgan fingerprint density at radius 2 is 2.17 bits per heavy atom. The number of anilines is 1. The van der Waals surface area contributed by atoms with Crippen LogP contribution in [0.15, 0.2) is 36.5 Å². The molecule has 5 nitrogen and oxygen atoms in total. The number of nitrogens with zero attached hydrogens (tertiary/aromatic N) is 1. The number of nitrogen functional groups attached to an aromatic ring is 1. The topological polar surface area (TPSA) is 83.8 Å². The summed E-state index contributed by atoms with van der Waals surface area (Å²) < 4.78 is 0. The molecule has 2 atom stereocenters. The van der Waals surface area contributed by atoms with Crippen LogP contribution in [0.4, 0.5) is 5.69 Å². The zero-order chi connectivity index (χ0) is 12.5. The van der Waals surface area contributed by atoms with Gasteiger partial charge in [-0.2, -0.15) is 5.10 Å². The largest absolute Gasteiger partial charge is 0.396 e. The first-order valence-electron chi connectivity index (χ1n) is 5.90. The summed E-state index contributed by atoms with van der Waals surface area (Å²) in [5.41, 5.74) is 7.61. The maximum Gasteiger partial charge on any atom is 0.271 e. The lowest BCUT2D eigenvalue weighted by Gasteiger charge is -2.03. The molecule has 18 heavy (non-hydrogen) atoms. The molecule has 0 radical (unpaired) electrons. The van der Waals surface area contributed by atoms with Gasteiger partial charge in [0.2, 0.25) is 0 Å². The van der Waals surface area contributed by atoms with Gasteiger partial charge in [-0.05, 0) is 12.0 Å². The van der Waals surface area contributed by atoms with E-state index in [0.29, 0.717) is 17.3 Å².